The third-order valence-corrected chi connectivity index (χ3v) is 2.08. The highest BCUT2D eigenvalue weighted by atomic mass is 16.5. The first-order chi connectivity index (χ1) is 7.26. The van der Waals surface area contributed by atoms with E-state index in [2.05, 4.69) is 5.92 Å². The van der Waals surface area contributed by atoms with Gasteiger partial charge < -0.3 is 4.74 Å². The van der Waals surface area contributed by atoms with Crippen molar-refractivity contribution in [2.24, 2.45) is 0 Å². The lowest BCUT2D eigenvalue weighted by Gasteiger charge is -2.03. The number of ketones is 1. The van der Waals surface area contributed by atoms with E-state index < -0.39 is 0 Å². The minimum absolute atomic E-state index is 0.168. The number of Topliss-reactive ketones (excluding diaryl/α,β-unsaturated/α-hetero) is 1. The Hall–Kier alpha value is -1.75. The third kappa shape index (κ3) is 3.86. The van der Waals surface area contributed by atoms with Gasteiger partial charge in [-0.2, -0.15) is 0 Å². The Bertz CT molecular complexity index is 374. The molecule has 0 saturated heterocycles. The highest BCUT2D eigenvalue weighted by Gasteiger charge is 2.03. The molecule has 1 rings (SSSR count). The fourth-order valence-electron chi connectivity index (χ4n) is 1.31. The Morgan fingerprint density at radius 1 is 1.53 bits per heavy atom. The normalized spacial score (nSPS) is 9.33. The van der Waals surface area contributed by atoms with Crippen LogP contribution in [0.2, 0.25) is 0 Å². The number of carbonyl (C=O) groups is 1. The zero-order valence-corrected chi connectivity index (χ0v) is 8.82. The summed E-state index contributed by atoms with van der Waals surface area (Å²) < 4.78 is 5.07. The molecule has 1 aromatic carbocycles. The Kier molecular flexibility index (Phi) is 4.43. The standard InChI is InChI=1S/C13H14O2/c1-3-4-7-12(14)9-11-6-5-8-13(10-11)15-2/h1,5-6,8,10H,4,7,9H2,2H3. The maximum absolute atomic E-state index is 11.4. The molecule has 0 spiro atoms. The molecule has 0 aromatic heterocycles. The molecule has 0 heterocycles. The van der Waals surface area contributed by atoms with Crippen LogP contribution in [0.1, 0.15) is 18.4 Å². The molecule has 0 saturated carbocycles. The molecule has 0 fully saturated rings. The van der Waals surface area contributed by atoms with E-state index in [1.165, 1.54) is 0 Å². The molecule has 1 aromatic rings. The van der Waals surface area contributed by atoms with Crippen LogP contribution in [0.4, 0.5) is 0 Å². The molecule has 0 aliphatic carbocycles. The number of methoxy groups -OCH3 is 1. The average molecular weight is 202 g/mol. The number of ether oxygens (including phenoxy) is 1. The second kappa shape index (κ2) is 5.87. The van der Waals surface area contributed by atoms with Gasteiger partial charge >= 0.3 is 0 Å². The summed E-state index contributed by atoms with van der Waals surface area (Å²) in [6.07, 6.45) is 6.49. The van der Waals surface area contributed by atoms with Gasteiger partial charge in [0.25, 0.3) is 0 Å². The number of rotatable bonds is 5. The van der Waals surface area contributed by atoms with E-state index in [0.29, 0.717) is 19.3 Å². The molecule has 0 atom stereocenters. The minimum Gasteiger partial charge on any atom is -0.497 e. The highest BCUT2D eigenvalue weighted by molar-refractivity contribution is 5.81. The molecule has 0 unspecified atom stereocenters. The van der Waals surface area contributed by atoms with Crippen LogP contribution in [-0.2, 0) is 11.2 Å². The fraction of sp³-hybridized carbons (Fsp3) is 0.308. The summed E-state index contributed by atoms with van der Waals surface area (Å²) in [5.41, 5.74) is 0.969. The average Bonchev–Trinajstić information content (AvgIpc) is 2.26. The van der Waals surface area contributed by atoms with Crippen LogP contribution in [0.5, 0.6) is 5.75 Å². The SMILES string of the molecule is C#CCCC(=O)Cc1cccc(OC)c1. The van der Waals surface area contributed by atoms with Gasteiger partial charge in [-0.05, 0) is 17.7 Å². The molecule has 2 heteroatoms. The van der Waals surface area contributed by atoms with Crippen LogP contribution in [0.15, 0.2) is 24.3 Å². The summed E-state index contributed by atoms with van der Waals surface area (Å²) in [5.74, 6) is 3.40. The summed E-state index contributed by atoms with van der Waals surface area (Å²) in [6.45, 7) is 0. The second-order valence-electron chi connectivity index (χ2n) is 3.27. The molecule has 0 aliphatic heterocycles. The molecule has 0 aliphatic rings. The van der Waals surface area contributed by atoms with E-state index in [1.54, 1.807) is 7.11 Å². The van der Waals surface area contributed by atoms with Gasteiger partial charge in [0.15, 0.2) is 0 Å². The predicted octanol–water partition coefficient (Wildman–Crippen LogP) is 2.22. The molecule has 0 N–H and O–H groups in total. The van der Waals surface area contributed by atoms with Gasteiger partial charge in [-0.1, -0.05) is 12.1 Å². The van der Waals surface area contributed by atoms with Crippen molar-refractivity contribution < 1.29 is 9.53 Å². The van der Waals surface area contributed by atoms with E-state index in [4.69, 9.17) is 11.2 Å². The van der Waals surface area contributed by atoms with Crippen LogP contribution in [-0.4, -0.2) is 12.9 Å². The van der Waals surface area contributed by atoms with Crippen LogP contribution in [0, 0.1) is 12.3 Å². The molecular weight excluding hydrogens is 188 g/mol. The van der Waals surface area contributed by atoms with Crippen molar-refractivity contribution in [1.82, 2.24) is 0 Å². The highest BCUT2D eigenvalue weighted by Crippen LogP contribution is 2.13. The second-order valence-corrected chi connectivity index (χ2v) is 3.27. The van der Waals surface area contributed by atoms with Crippen LogP contribution in [0.25, 0.3) is 0 Å². The van der Waals surface area contributed by atoms with E-state index in [-0.39, 0.29) is 5.78 Å². The van der Waals surface area contributed by atoms with Gasteiger partial charge in [-0.15, -0.1) is 12.3 Å². The van der Waals surface area contributed by atoms with Gasteiger partial charge in [0.05, 0.1) is 7.11 Å². The quantitative estimate of drug-likeness (QED) is 0.684. The van der Waals surface area contributed by atoms with E-state index in [9.17, 15) is 4.79 Å². The van der Waals surface area contributed by atoms with Crippen molar-refractivity contribution in [2.75, 3.05) is 7.11 Å². The summed E-state index contributed by atoms with van der Waals surface area (Å²) in [7, 11) is 1.61. The largest absolute Gasteiger partial charge is 0.497 e. The number of hydrogen-bond acceptors (Lipinski definition) is 2. The third-order valence-electron chi connectivity index (χ3n) is 2.08. The fourth-order valence-corrected chi connectivity index (χ4v) is 1.31. The Labute approximate surface area is 90.3 Å². The lowest BCUT2D eigenvalue weighted by molar-refractivity contribution is -0.118. The number of hydrogen-bond donors (Lipinski definition) is 0. The van der Waals surface area contributed by atoms with Crippen molar-refractivity contribution in [3.05, 3.63) is 29.8 Å². The summed E-state index contributed by atoms with van der Waals surface area (Å²) >= 11 is 0. The first kappa shape index (κ1) is 11.3. The maximum atomic E-state index is 11.4. The predicted molar refractivity (Wildman–Crippen MR) is 59.8 cm³/mol. The Morgan fingerprint density at radius 3 is 3.00 bits per heavy atom. The molecule has 2 nitrogen and oxygen atoms in total. The van der Waals surface area contributed by atoms with Gasteiger partial charge in [0.2, 0.25) is 0 Å². The van der Waals surface area contributed by atoms with E-state index >= 15 is 0 Å². The van der Waals surface area contributed by atoms with Gasteiger partial charge in [0, 0.05) is 19.3 Å². The number of terminal acetylenes is 1. The van der Waals surface area contributed by atoms with Crippen LogP contribution < -0.4 is 4.74 Å². The van der Waals surface area contributed by atoms with Gasteiger partial charge in [0.1, 0.15) is 11.5 Å². The molecule has 78 valence electrons. The molecule has 0 radical (unpaired) electrons. The molecule has 0 bridgehead atoms. The molecule has 15 heavy (non-hydrogen) atoms. The zero-order chi connectivity index (χ0) is 11.1. The summed E-state index contributed by atoms with van der Waals surface area (Å²) in [6, 6.07) is 7.52. The van der Waals surface area contributed by atoms with Crippen molar-refractivity contribution in [2.45, 2.75) is 19.3 Å². The van der Waals surface area contributed by atoms with Crippen molar-refractivity contribution in [1.29, 1.82) is 0 Å². The van der Waals surface area contributed by atoms with Crippen molar-refractivity contribution in [3.63, 3.8) is 0 Å². The van der Waals surface area contributed by atoms with E-state index in [0.717, 1.165) is 11.3 Å². The van der Waals surface area contributed by atoms with E-state index in [1.807, 2.05) is 24.3 Å². The lowest BCUT2D eigenvalue weighted by atomic mass is 10.1. The van der Waals surface area contributed by atoms with Gasteiger partial charge in [-0.25, -0.2) is 0 Å². The van der Waals surface area contributed by atoms with Gasteiger partial charge in [-0.3, -0.25) is 4.79 Å². The van der Waals surface area contributed by atoms with Crippen LogP contribution in [0.3, 0.4) is 0 Å². The Balaban J connectivity index is 2.57. The Morgan fingerprint density at radius 2 is 2.33 bits per heavy atom. The smallest absolute Gasteiger partial charge is 0.138 e. The molecule has 0 amide bonds. The van der Waals surface area contributed by atoms with Crippen LogP contribution >= 0.6 is 0 Å². The summed E-state index contributed by atoms with van der Waals surface area (Å²) in [5, 5.41) is 0. The van der Waals surface area contributed by atoms with Crippen molar-refractivity contribution in [3.8, 4) is 18.1 Å². The monoisotopic (exact) mass is 202 g/mol. The van der Waals surface area contributed by atoms with Crippen molar-refractivity contribution >= 4 is 5.78 Å². The summed E-state index contributed by atoms with van der Waals surface area (Å²) in [4.78, 5) is 11.4. The maximum Gasteiger partial charge on any atom is 0.138 e. The minimum atomic E-state index is 0.168. The first-order valence-corrected chi connectivity index (χ1v) is 4.84. The number of carbonyl (C=O) groups excluding carboxylic acids is 1. The topological polar surface area (TPSA) is 26.3 Å². The zero-order valence-electron chi connectivity index (χ0n) is 8.82. The first-order valence-electron chi connectivity index (χ1n) is 4.84. The molecular formula is C13H14O2. The lowest BCUT2D eigenvalue weighted by Crippen LogP contribution is -2.02. The number of benzene rings is 1.